The van der Waals surface area contributed by atoms with Gasteiger partial charge in [0.05, 0.1) is 12.0 Å². The maximum absolute atomic E-state index is 12.5. The number of hydrogen-bond donors (Lipinski definition) is 2. The molecule has 2 aromatic carbocycles. The second-order valence-corrected chi connectivity index (χ2v) is 5.81. The number of likely N-dealkylation sites (N-methyl/N-ethyl adjacent to an activating group) is 1. The molecule has 136 valence electrons. The molecule has 26 heavy (non-hydrogen) atoms. The van der Waals surface area contributed by atoms with Gasteiger partial charge in [-0.25, -0.2) is 4.79 Å². The summed E-state index contributed by atoms with van der Waals surface area (Å²) in [5.74, 6) is 0.00820. The Morgan fingerprint density at radius 2 is 1.69 bits per heavy atom. The van der Waals surface area contributed by atoms with E-state index in [4.69, 9.17) is 0 Å². The number of hydrogen-bond acceptors (Lipinski definition) is 2. The molecule has 3 amide bonds. The van der Waals surface area contributed by atoms with E-state index in [0.717, 1.165) is 23.4 Å². The second-order valence-electron chi connectivity index (χ2n) is 5.81. The highest BCUT2D eigenvalue weighted by Crippen LogP contribution is 2.31. The number of carbonyl (C=O) groups excluding carboxylic acids is 2. The molecule has 2 aromatic rings. The topological polar surface area (TPSA) is 61.4 Å². The number of halogens is 3. The number of nitrogens with zero attached hydrogens (tertiary/aromatic N) is 1. The number of carbonyl (C=O) groups is 2. The number of urea groups is 1. The summed E-state index contributed by atoms with van der Waals surface area (Å²) in [7, 11) is 0. The molecule has 5 nitrogen and oxygen atoms in total. The Bertz CT molecular complexity index is 848. The van der Waals surface area contributed by atoms with Crippen molar-refractivity contribution in [2.24, 2.45) is 0 Å². The van der Waals surface area contributed by atoms with Crippen molar-refractivity contribution >= 4 is 29.0 Å². The van der Waals surface area contributed by atoms with E-state index in [9.17, 15) is 22.8 Å². The molecular weight excluding hydrogens is 347 g/mol. The highest BCUT2D eigenvalue weighted by atomic mass is 19.4. The van der Waals surface area contributed by atoms with Gasteiger partial charge in [0.15, 0.2) is 0 Å². The van der Waals surface area contributed by atoms with Gasteiger partial charge in [0, 0.05) is 23.6 Å². The van der Waals surface area contributed by atoms with Crippen LogP contribution in [0.15, 0.2) is 42.5 Å². The fraction of sp³-hybridized carbons (Fsp3) is 0.222. The van der Waals surface area contributed by atoms with Crippen LogP contribution in [0, 0.1) is 0 Å². The van der Waals surface area contributed by atoms with Crippen LogP contribution in [0.5, 0.6) is 0 Å². The maximum Gasteiger partial charge on any atom is 0.416 e. The van der Waals surface area contributed by atoms with Gasteiger partial charge < -0.3 is 15.5 Å². The highest BCUT2D eigenvalue weighted by Gasteiger charge is 2.30. The largest absolute Gasteiger partial charge is 0.416 e. The van der Waals surface area contributed by atoms with Crippen LogP contribution in [0.2, 0.25) is 0 Å². The summed E-state index contributed by atoms with van der Waals surface area (Å²) in [6, 6.07) is 8.73. The van der Waals surface area contributed by atoms with Gasteiger partial charge in [0.1, 0.15) is 0 Å². The summed E-state index contributed by atoms with van der Waals surface area (Å²) in [5, 5.41) is 5.08. The van der Waals surface area contributed by atoms with E-state index < -0.39 is 17.8 Å². The Morgan fingerprint density at radius 1 is 1.08 bits per heavy atom. The van der Waals surface area contributed by atoms with Crippen LogP contribution < -0.4 is 15.5 Å². The Kier molecular flexibility index (Phi) is 4.58. The maximum atomic E-state index is 12.5. The van der Waals surface area contributed by atoms with Crippen LogP contribution in [-0.4, -0.2) is 18.5 Å². The molecule has 0 fully saturated rings. The van der Waals surface area contributed by atoms with Crippen molar-refractivity contribution in [3.05, 3.63) is 53.6 Å². The third kappa shape index (κ3) is 3.63. The normalized spacial score (nSPS) is 13.5. The Balaban J connectivity index is 1.66. The molecule has 0 spiro atoms. The molecule has 1 heterocycles. The Hall–Kier alpha value is -3.03. The number of alkyl halides is 3. The van der Waals surface area contributed by atoms with Gasteiger partial charge in [-0.3, -0.25) is 4.79 Å². The number of rotatable bonds is 3. The Labute approximate surface area is 147 Å². The average molecular weight is 363 g/mol. The summed E-state index contributed by atoms with van der Waals surface area (Å²) >= 11 is 0. The third-order valence-electron chi connectivity index (χ3n) is 4.06. The van der Waals surface area contributed by atoms with Crippen molar-refractivity contribution in [2.45, 2.75) is 19.5 Å². The zero-order chi connectivity index (χ0) is 18.9. The molecule has 0 aliphatic carbocycles. The lowest BCUT2D eigenvalue weighted by Crippen LogP contribution is -2.25. The van der Waals surface area contributed by atoms with Crippen molar-refractivity contribution in [3.63, 3.8) is 0 Å². The van der Waals surface area contributed by atoms with E-state index in [1.54, 1.807) is 23.1 Å². The average Bonchev–Trinajstić information content (AvgIpc) is 2.88. The molecule has 0 unspecified atom stereocenters. The lowest BCUT2D eigenvalue weighted by Gasteiger charge is -2.15. The monoisotopic (exact) mass is 363 g/mol. The zero-order valence-corrected chi connectivity index (χ0v) is 13.9. The number of nitrogens with one attached hydrogen (secondary N) is 2. The quantitative estimate of drug-likeness (QED) is 0.856. The lowest BCUT2D eigenvalue weighted by molar-refractivity contribution is -0.137. The first kappa shape index (κ1) is 17.8. The summed E-state index contributed by atoms with van der Waals surface area (Å²) in [6.07, 6.45) is -4.14. The summed E-state index contributed by atoms with van der Waals surface area (Å²) in [6.45, 7) is 2.46. The van der Waals surface area contributed by atoms with E-state index in [2.05, 4.69) is 10.6 Å². The number of amides is 3. The SMILES string of the molecule is CCN1C(=O)Cc2cc(NC(=O)Nc3ccc(C(F)(F)F)cc3)ccc21. The van der Waals surface area contributed by atoms with Crippen molar-refractivity contribution in [1.82, 2.24) is 0 Å². The van der Waals surface area contributed by atoms with Crippen molar-refractivity contribution in [3.8, 4) is 0 Å². The minimum Gasteiger partial charge on any atom is -0.312 e. The molecule has 3 rings (SSSR count). The van der Waals surface area contributed by atoms with Crippen LogP contribution in [0.25, 0.3) is 0 Å². The fourth-order valence-electron chi connectivity index (χ4n) is 2.84. The van der Waals surface area contributed by atoms with Crippen molar-refractivity contribution in [2.75, 3.05) is 22.1 Å². The highest BCUT2D eigenvalue weighted by molar-refractivity contribution is 6.03. The number of benzene rings is 2. The van der Waals surface area contributed by atoms with E-state index in [-0.39, 0.29) is 18.0 Å². The van der Waals surface area contributed by atoms with E-state index in [1.165, 1.54) is 12.1 Å². The summed E-state index contributed by atoms with van der Waals surface area (Å²) < 4.78 is 37.6. The smallest absolute Gasteiger partial charge is 0.312 e. The lowest BCUT2D eigenvalue weighted by atomic mass is 10.1. The van der Waals surface area contributed by atoms with Gasteiger partial charge in [0.2, 0.25) is 5.91 Å². The Morgan fingerprint density at radius 3 is 2.31 bits per heavy atom. The van der Waals surface area contributed by atoms with Crippen LogP contribution in [0.3, 0.4) is 0 Å². The molecule has 0 saturated heterocycles. The molecule has 8 heteroatoms. The third-order valence-corrected chi connectivity index (χ3v) is 4.06. The zero-order valence-electron chi connectivity index (χ0n) is 13.9. The minimum absolute atomic E-state index is 0.00820. The van der Waals surface area contributed by atoms with Crippen LogP contribution >= 0.6 is 0 Å². The van der Waals surface area contributed by atoms with Crippen molar-refractivity contribution in [1.29, 1.82) is 0 Å². The second kappa shape index (κ2) is 6.70. The summed E-state index contributed by atoms with van der Waals surface area (Å²) in [4.78, 5) is 25.6. The molecule has 1 aliphatic rings. The minimum atomic E-state index is -4.42. The molecule has 0 aromatic heterocycles. The molecule has 0 radical (unpaired) electrons. The molecule has 1 aliphatic heterocycles. The van der Waals surface area contributed by atoms with Gasteiger partial charge in [0.25, 0.3) is 0 Å². The van der Waals surface area contributed by atoms with Crippen LogP contribution in [-0.2, 0) is 17.4 Å². The standard InChI is InChI=1S/C18H16F3N3O2/c1-2-24-15-8-7-14(9-11(15)10-16(24)25)23-17(26)22-13-5-3-12(4-6-13)18(19,20)21/h3-9H,2,10H2,1H3,(H2,22,23,26). The van der Waals surface area contributed by atoms with Crippen LogP contribution in [0.4, 0.5) is 35.0 Å². The van der Waals surface area contributed by atoms with Crippen molar-refractivity contribution < 1.29 is 22.8 Å². The molecule has 2 N–H and O–H groups in total. The molecule has 0 saturated carbocycles. The van der Waals surface area contributed by atoms with Gasteiger partial charge in [-0.15, -0.1) is 0 Å². The first-order valence-electron chi connectivity index (χ1n) is 7.96. The van der Waals surface area contributed by atoms with Gasteiger partial charge in [-0.1, -0.05) is 0 Å². The van der Waals surface area contributed by atoms with Gasteiger partial charge in [-0.05, 0) is 55.0 Å². The summed E-state index contributed by atoms with van der Waals surface area (Å²) in [5.41, 5.74) is 1.60. The first-order valence-corrected chi connectivity index (χ1v) is 7.96. The predicted octanol–water partition coefficient (Wildman–Crippen LogP) is 4.26. The van der Waals surface area contributed by atoms with E-state index in [1.807, 2.05) is 6.92 Å². The van der Waals surface area contributed by atoms with E-state index >= 15 is 0 Å². The number of anilines is 3. The fourth-order valence-corrected chi connectivity index (χ4v) is 2.84. The van der Waals surface area contributed by atoms with E-state index in [0.29, 0.717) is 12.2 Å². The van der Waals surface area contributed by atoms with Crippen LogP contribution in [0.1, 0.15) is 18.1 Å². The number of fused-ring (bicyclic) bond motifs is 1. The van der Waals surface area contributed by atoms with Gasteiger partial charge >= 0.3 is 12.2 Å². The van der Waals surface area contributed by atoms with Gasteiger partial charge in [-0.2, -0.15) is 13.2 Å². The molecule has 0 atom stereocenters. The molecule has 0 bridgehead atoms. The molecular formula is C18H16F3N3O2. The first-order chi connectivity index (χ1) is 12.3. The predicted molar refractivity (Wildman–Crippen MR) is 92.3 cm³/mol.